The number of hydrogen-bond donors (Lipinski definition) is 3. The number of fused-ring (bicyclic) bond motifs is 6. The Morgan fingerprint density at radius 3 is 1.94 bits per heavy atom. The molecule has 8 nitrogen and oxygen atoms in total. The molecule has 4 heterocycles. The van der Waals surface area contributed by atoms with Crippen LogP contribution in [-0.2, 0) is 6.54 Å². The summed E-state index contributed by atoms with van der Waals surface area (Å²) in [6, 6.07) is 8.24. The van der Waals surface area contributed by atoms with Crippen LogP contribution in [0, 0.1) is 0 Å². The van der Waals surface area contributed by atoms with Crippen molar-refractivity contribution in [1.29, 1.82) is 0 Å². The Labute approximate surface area is 181 Å². The molecule has 5 rings (SSSR count). The molecule has 8 heteroatoms. The molecule has 0 bridgehead atoms. The molecule has 1 aliphatic heterocycles. The highest BCUT2D eigenvalue weighted by Crippen LogP contribution is 2.30. The summed E-state index contributed by atoms with van der Waals surface area (Å²) in [6.07, 6.45) is 5.29. The lowest BCUT2D eigenvalue weighted by Crippen LogP contribution is -2.41. The van der Waals surface area contributed by atoms with Gasteiger partial charge in [-0.15, -0.1) is 0 Å². The second-order valence-electron chi connectivity index (χ2n) is 7.88. The molecular formula is C23H28N8. The van der Waals surface area contributed by atoms with Crippen LogP contribution in [0.5, 0.6) is 0 Å². The molecule has 1 fully saturated rings. The van der Waals surface area contributed by atoms with Gasteiger partial charge in [-0.25, -0.2) is 4.98 Å². The lowest BCUT2D eigenvalue weighted by molar-refractivity contribution is 0.260. The standard InChI is InChI=1S/C23H28N8/c1-2-18-20-21(29-11-10-28-20)19-4-3-17(30-23(19)22(18)27-5-1)16-31-14-12-25-8-6-24-7-9-26-13-15-31/h1-5,10-11,24-26H,6-9,12-16H2. The van der Waals surface area contributed by atoms with Gasteiger partial charge < -0.3 is 16.0 Å². The summed E-state index contributed by atoms with van der Waals surface area (Å²) in [5.74, 6) is 0. The summed E-state index contributed by atoms with van der Waals surface area (Å²) in [5, 5.41) is 12.5. The van der Waals surface area contributed by atoms with Crippen molar-refractivity contribution in [1.82, 2.24) is 40.8 Å². The zero-order chi connectivity index (χ0) is 20.9. The summed E-state index contributed by atoms with van der Waals surface area (Å²) in [4.78, 5) is 21.3. The number of pyridine rings is 2. The van der Waals surface area contributed by atoms with E-state index in [1.165, 1.54) is 0 Å². The van der Waals surface area contributed by atoms with Crippen molar-refractivity contribution in [3.63, 3.8) is 0 Å². The van der Waals surface area contributed by atoms with E-state index in [1.807, 2.05) is 12.3 Å². The fourth-order valence-electron chi connectivity index (χ4n) is 4.18. The number of hydrogen-bond acceptors (Lipinski definition) is 8. The second kappa shape index (κ2) is 9.57. The van der Waals surface area contributed by atoms with Crippen molar-refractivity contribution in [3.05, 3.63) is 48.5 Å². The monoisotopic (exact) mass is 416 g/mol. The molecule has 0 aliphatic carbocycles. The Balaban J connectivity index is 1.47. The molecule has 4 aromatic rings. The summed E-state index contributed by atoms with van der Waals surface area (Å²) in [5.41, 5.74) is 4.60. The third kappa shape index (κ3) is 4.47. The van der Waals surface area contributed by atoms with Crippen LogP contribution in [0.4, 0.5) is 0 Å². The van der Waals surface area contributed by atoms with Crippen LogP contribution in [-0.4, -0.2) is 77.2 Å². The summed E-state index contributed by atoms with van der Waals surface area (Å²) in [6.45, 7) is 8.73. The van der Waals surface area contributed by atoms with Gasteiger partial charge >= 0.3 is 0 Å². The maximum absolute atomic E-state index is 5.05. The zero-order valence-corrected chi connectivity index (χ0v) is 17.6. The Morgan fingerprint density at radius 2 is 1.23 bits per heavy atom. The number of aromatic nitrogens is 4. The van der Waals surface area contributed by atoms with Crippen molar-refractivity contribution in [2.75, 3.05) is 52.4 Å². The van der Waals surface area contributed by atoms with Gasteiger partial charge in [0.1, 0.15) is 0 Å². The van der Waals surface area contributed by atoms with Crippen molar-refractivity contribution in [2.24, 2.45) is 0 Å². The van der Waals surface area contributed by atoms with Gasteiger partial charge in [0.05, 0.1) is 27.8 Å². The molecule has 0 spiro atoms. The number of benzene rings is 1. The highest BCUT2D eigenvalue weighted by Gasteiger charge is 2.14. The molecule has 0 atom stereocenters. The Morgan fingerprint density at radius 1 is 0.645 bits per heavy atom. The highest BCUT2D eigenvalue weighted by molar-refractivity contribution is 6.20. The van der Waals surface area contributed by atoms with E-state index in [2.05, 4.69) is 54.0 Å². The van der Waals surface area contributed by atoms with Gasteiger partial charge in [0.25, 0.3) is 0 Å². The maximum atomic E-state index is 5.05. The molecule has 0 amide bonds. The average Bonchev–Trinajstić information content (AvgIpc) is 2.81. The van der Waals surface area contributed by atoms with Gasteiger partial charge in [-0.05, 0) is 24.3 Å². The highest BCUT2D eigenvalue weighted by atomic mass is 15.2. The van der Waals surface area contributed by atoms with Crippen LogP contribution in [0.2, 0.25) is 0 Å². The third-order valence-electron chi connectivity index (χ3n) is 5.75. The van der Waals surface area contributed by atoms with Crippen LogP contribution in [0.25, 0.3) is 32.8 Å². The smallest absolute Gasteiger partial charge is 0.0991 e. The molecule has 1 aromatic carbocycles. The first-order valence-electron chi connectivity index (χ1n) is 11.0. The van der Waals surface area contributed by atoms with E-state index < -0.39 is 0 Å². The Bertz CT molecular complexity index is 1130. The molecule has 1 aliphatic rings. The largest absolute Gasteiger partial charge is 0.314 e. The fourth-order valence-corrected chi connectivity index (χ4v) is 4.18. The van der Waals surface area contributed by atoms with E-state index >= 15 is 0 Å². The second-order valence-corrected chi connectivity index (χ2v) is 7.88. The van der Waals surface area contributed by atoms with Crippen molar-refractivity contribution >= 4 is 32.8 Å². The molecule has 0 saturated carbocycles. The average molecular weight is 417 g/mol. The maximum Gasteiger partial charge on any atom is 0.0991 e. The summed E-state index contributed by atoms with van der Waals surface area (Å²) >= 11 is 0. The predicted molar refractivity (Wildman–Crippen MR) is 124 cm³/mol. The molecule has 160 valence electrons. The third-order valence-corrected chi connectivity index (χ3v) is 5.75. The van der Waals surface area contributed by atoms with Crippen molar-refractivity contribution < 1.29 is 0 Å². The quantitative estimate of drug-likeness (QED) is 0.422. The van der Waals surface area contributed by atoms with E-state index in [4.69, 9.17) is 4.98 Å². The molecule has 0 unspecified atom stereocenters. The van der Waals surface area contributed by atoms with Gasteiger partial charge in [0, 0.05) is 88.3 Å². The molecule has 0 radical (unpaired) electrons. The van der Waals surface area contributed by atoms with E-state index in [0.29, 0.717) is 0 Å². The topological polar surface area (TPSA) is 90.9 Å². The van der Waals surface area contributed by atoms with Crippen LogP contribution < -0.4 is 16.0 Å². The first-order valence-corrected chi connectivity index (χ1v) is 11.0. The first kappa shape index (κ1) is 20.1. The Kier molecular flexibility index (Phi) is 6.22. The minimum absolute atomic E-state index is 0.810. The van der Waals surface area contributed by atoms with Crippen LogP contribution in [0.3, 0.4) is 0 Å². The number of nitrogens with zero attached hydrogens (tertiary/aromatic N) is 5. The van der Waals surface area contributed by atoms with Crippen LogP contribution in [0.1, 0.15) is 5.69 Å². The lowest BCUT2D eigenvalue weighted by Gasteiger charge is -2.23. The predicted octanol–water partition coefficient (Wildman–Crippen LogP) is 1.31. The van der Waals surface area contributed by atoms with Gasteiger partial charge in [-0.1, -0.05) is 0 Å². The Hall–Kier alpha value is -2.78. The van der Waals surface area contributed by atoms with Crippen LogP contribution >= 0.6 is 0 Å². The van der Waals surface area contributed by atoms with Gasteiger partial charge in [0.2, 0.25) is 0 Å². The van der Waals surface area contributed by atoms with E-state index in [1.54, 1.807) is 12.4 Å². The molecule has 3 aromatic heterocycles. The first-order chi connectivity index (χ1) is 15.4. The molecule has 3 N–H and O–H groups in total. The summed E-state index contributed by atoms with van der Waals surface area (Å²) < 4.78 is 0. The normalized spacial score (nSPS) is 17.5. The molecule has 31 heavy (non-hydrogen) atoms. The van der Waals surface area contributed by atoms with Crippen molar-refractivity contribution in [2.45, 2.75) is 6.54 Å². The number of rotatable bonds is 2. The minimum atomic E-state index is 0.810. The fraction of sp³-hybridized carbons (Fsp3) is 0.391. The van der Waals surface area contributed by atoms with E-state index in [0.717, 1.165) is 97.4 Å². The molecular weight excluding hydrogens is 388 g/mol. The summed E-state index contributed by atoms with van der Waals surface area (Å²) in [7, 11) is 0. The SMILES string of the molecule is c1cnc2c(c1)c1nccnc1c1ccc(CN3CCNCCNCCNCC3)nc12. The van der Waals surface area contributed by atoms with Crippen molar-refractivity contribution in [3.8, 4) is 0 Å². The van der Waals surface area contributed by atoms with E-state index in [9.17, 15) is 0 Å². The zero-order valence-electron chi connectivity index (χ0n) is 17.6. The number of nitrogens with one attached hydrogen (secondary N) is 3. The lowest BCUT2D eigenvalue weighted by atomic mass is 10.1. The van der Waals surface area contributed by atoms with E-state index in [-0.39, 0.29) is 0 Å². The molecule has 1 saturated heterocycles. The van der Waals surface area contributed by atoms with Crippen LogP contribution in [0.15, 0.2) is 42.9 Å². The van der Waals surface area contributed by atoms with Gasteiger partial charge in [-0.3, -0.25) is 19.9 Å². The van der Waals surface area contributed by atoms with Gasteiger partial charge in [-0.2, -0.15) is 0 Å². The minimum Gasteiger partial charge on any atom is -0.314 e. The van der Waals surface area contributed by atoms with Gasteiger partial charge in [0.15, 0.2) is 0 Å².